The second-order valence-corrected chi connectivity index (χ2v) is 8.22. The fraction of sp³-hybridized carbons (Fsp3) is 0.0800. The molecule has 1 unspecified atom stereocenters. The summed E-state index contributed by atoms with van der Waals surface area (Å²) in [5.74, 6) is 0.428. The van der Waals surface area contributed by atoms with Crippen LogP contribution in [0.4, 0.5) is 5.69 Å². The summed E-state index contributed by atoms with van der Waals surface area (Å²) in [5, 5.41) is 19.8. The van der Waals surface area contributed by atoms with Gasteiger partial charge in [0.25, 0.3) is 5.69 Å². The largest absolute Gasteiger partial charge is 0.298 e. The molecule has 4 rings (SSSR count). The number of hydrogen-bond donors (Lipinski definition) is 0. The summed E-state index contributed by atoms with van der Waals surface area (Å²) in [5.41, 5.74) is 1.99. The van der Waals surface area contributed by atoms with E-state index in [1.807, 2.05) is 53.1 Å². The molecule has 1 heterocycles. The molecule has 0 aliphatic carbocycles. The Bertz CT molecular complexity index is 1290. The minimum Gasteiger partial charge on any atom is -0.298 e. The highest BCUT2D eigenvalue weighted by atomic mass is 32.2. The number of non-ortho nitro benzene ring substituents is 1. The van der Waals surface area contributed by atoms with Crippen molar-refractivity contribution >= 4 is 23.2 Å². The Morgan fingerprint density at radius 2 is 1.73 bits per heavy atom. The maximum atomic E-state index is 13.4. The highest BCUT2D eigenvalue weighted by Gasteiger charge is 2.27. The van der Waals surface area contributed by atoms with Gasteiger partial charge in [-0.1, -0.05) is 90.6 Å². The van der Waals surface area contributed by atoms with Gasteiger partial charge < -0.3 is 0 Å². The zero-order chi connectivity index (χ0) is 23.2. The minimum absolute atomic E-state index is 0.0312. The van der Waals surface area contributed by atoms with Crippen LogP contribution in [0.1, 0.15) is 21.2 Å². The predicted molar refractivity (Wildman–Crippen MR) is 128 cm³/mol. The van der Waals surface area contributed by atoms with Gasteiger partial charge >= 0.3 is 0 Å². The molecule has 8 heteroatoms. The number of rotatable bonds is 9. The van der Waals surface area contributed by atoms with E-state index in [-0.39, 0.29) is 11.5 Å². The van der Waals surface area contributed by atoms with Crippen LogP contribution in [0.2, 0.25) is 0 Å². The molecule has 7 nitrogen and oxygen atoms in total. The standard InChI is InChI=1S/C25H20N4O3S/c1-2-16-28-24(20-14-9-15-21(17-20)29(31)32)26-27-25(28)33-23(19-12-7-4-8-13-19)22(30)18-10-5-3-6-11-18/h2-15,17,23H,1,16H2. The average molecular weight is 457 g/mol. The number of benzene rings is 3. The van der Waals surface area contributed by atoms with E-state index in [2.05, 4.69) is 16.8 Å². The van der Waals surface area contributed by atoms with E-state index in [9.17, 15) is 14.9 Å². The normalized spacial score (nSPS) is 11.6. The van der Waals surface area contributed by atoms with Crippen LogP contribution >= 0.6 is 11.8 Å². The first-order valence-electron chi connectivity index (χ1n) is 10.2. The van der Waals surface area contributed by atoms with Crippen molar-refractivity contribution < 1.29 is 9.72 Å². The first kappa shape index (κ1) is 22.2. The lowest BCUT2D eigenvalue weighted by atomic mass is 10.0. The van der Waals surface area contributed by atoms with E-state index in [4.69, 9.17) is 0 Å². The number of carbonyl (C=O) groups excluding carboxylic acids is 1. The second kappa shape index (κ2) is 10.1. The molecule has 1 atom stereocenters. The highest BCUT2D eigenvalue weighted by Crippen LogP contribution is 2.38. The molecule has 0 aliphatic heterocycles. The molecule has 0 radical (unpaired) electrons. The van der Waals surface area contributed by atoms with Crippen molar-refractivity contribution in [3.8, 4) is 11.4 Å². The number of nitro benzene ring substituents is 1. The number of ketones is 1. The molecule has 164 valence electrons. The second-order valence-electron chi connectivity index (χ2n) is 7.15. The quantitative estimate of drug-likeness (QED) is 0.105. The van der Waals surface area contributed by atoms with Crippen LogP contribution in [0.15, 0.2) is 103 Å². The van der Waals surface area contributed by atoms with E-state index in [1.165, 1.54) is 23.9 Å². The van der Waals surface area contributed by atoms with Gasteiger partial charge in [0.2, 0.25) is 0 Å². The topological polar surface area (TPSA) is 90.9 Å². The number of aromatic nitrogens is 3. The summed E-state index contributed by atoms with van der Waals surface area (Å²) in [7, 11) is 0. The van der Waals surface area contributed by atoms with Crippen LogP contribution in [-0.4, -0.2) is 25.5 Å². The Hall–Kier alpha value is -4.04. The highest BCUT2D eigenvalue weighted by molar-refractivity contribution is 8.00. The number of nitrogens with zero attached hydrogens (tertiary/aromatic N) is 4. The lowest BCUT2D eigenvalue weighted by Gasteiger charge is -2.16. The van der Waals surface area contributed by atoms with E-state index in [0.29, 0.717) is 28.7 Å². The van der Waals surface area contributed by atoms with Crippen molar-refractivity contribution in [3.63, 3.8) is 0 Å². The molecule has 0 amide bonds. The Morgan fingerprint density at radius 3 is 2.39 bits per heavy atom. The third-order valence-electron chi connectivity index (χ3n) is 4.97. The summed E-state index contributed by atoms with van der Waals surface area (Å²) >= 11 is 1.30. The molecule has 1 aromatic heterocycles. The molecular weight excluding hydrogens is 436 g/mol. The van der Waals surface area contributed by atoms with Crippen LogP contribution < -0.4 is 0 Å². The molecular formula is C25H20N4O3S. The van der Waals surface area contributed by atoms with Crippen molar-refractivity contribution in [3.05, 3.63) is 119 Å². The van der Waals surface area contributed by atoms with Gasteiger partial charge in [0.1, 0.15) is 5.25 Å². The number of hydrogen-bond acceptors (Lipinski definition) is 6. The van der Waals surface area contributed by atoms with Crippen LogP contribution in [0, 0.1) is 10.1 Å². The number of carbonyl (C=O) groups is 1. The molecule has 0 N–H and O–H groups in total. The lowest BCUT2D eigenvalue weighted by molar-refractivity contribution is -0.384. The Balaban J connectivity index is 1.75. The van der Waals surface area contributed by atoms with Gasteiger partial charge in [0, 0.05) is 29.8 Å². The SMILES string of the molecule is C=CCn1c(SC(C(=O)c2ccccc2)c2ccccc2)nnc1-c1cccc([N+](=O)[O-])c1. The first-order valence-corrected chi connectivity index (χ1v) is 11.1. The van der Waals surface area contributed by atoms with Crippen molar-refractivity contribution in [1.82, 2.24) is 14.8 Å². The summed E-state index contributed by atoms with van der Waals surface area (Å²) in [6.07, 6.45) is 1.70. The number of thioether (sulfide) groups is 1. The van der Waals surface area contributed by atoms with E-state index in [0.717, 1.165) is 5.56 Å². The van der Waals surface area contributed by atoms with Crippen LogP contribution in [0.3, 0.4) is 0 Å². The first-order chi connectivity index (χ1) is 16.1. The van der Waals surface area contributed by atoms with Gasteiger partial charge in [-0.3, -0.25) is 19.5 Å². The zero-order valence-corrected chi connectivity index (χ0v) is 18.4. The fourth-order valence-electron chi connectivity index (χ4n) is 3.40. The van der Waals surface area contributed by atoms with Gasteiger partial charge in [-0.2, -0.15) is 0 Å². The molecule has 0 saturated carbocycles. The van der Waals surface area contributed by atoms with E-state index >= 15 is 0 Å². The van der Waals surface area contributed by atoms with Crippen molar-refractivity contribution in [2.45, 2.75) is 17.0 Å². The number of nitro groups is 1. The third-order valence-corrected chi connectivity index (χ3v) is 6.20. The zero-order valence-electron chi connectivity index (χ0n) is 17.6. The number of allylic oxidation sites excluding steroid dienone is 1. The van der Waals surface area contributed by atoms with E-state index < -0.39 is 10.2 Å². The lowest BCUT2D eigenvalue weighted by Crippen LogP contribution is -2.11. The maximum Gasteiger partial charge on any atom is 0.270 e. The van der Waals surface area contributed by atoms with Gasteiger partial charge in [-0.15, -0.1) is 16.8 Å². The fourth-order valence-corrected chi connectivity index (χ4v) is 4.53. The van der Waals surface area contributed by atoms with Crippen molar-refractivity contribution in [2.75, 3.05) is 0 Å². The van der Waals surface area contributed by atoms with Crippen LogP contribution in [0.5, 0.6) is 0 Å². The predicted octanol–water partition coefficient (Wildman–Crippen LogP) is 5.76. The summed E-state index contributed by atoms with van der Waals surface area (Å²) in [6.45, 7) is 4.20. The third kappa shape index (κ3) is 4.91. The van der Waals surface area contributed by atoms with Gasteiger partial charge in [0.15, 0.2) is 16.8 Å². The Morgan fingerprint density at radius 1 is 1.03 bits per heavy atom. The molecule has 4 aromatic rings. The molecule has 33 heavy (non-hydrogen) atoms. The molecule has 0 spiro atoms. The molecule has 3 aromatic carbocycles. The Kier molecular flexibility index (Phi) is 6.75. The van der Waals surface area contributed by atoms with Crippen molar-refractivity contribution in [2.24, 2.45) is 0 Å². The molecule has 0 fully saturated rings. The molecule has 0 saturated heterocycles. The monoisotopic (exact) mass is 456 g/mol. The van der Waals surface area contributed by atoms with Gasteiger partial charge in [0.05, 0.1) is 4.92 Å². The average Bonchev–Trinajstić information content (AvgIpc) is 3.25. The van der Waals surface area contributed by atoms with Gasteiger partial charge in [-0.05, 0) is 5.56 Å². The maximum absolute atomic E-state index is 13.4. The summed E-state index contributed by atoms with van der Waals surface area (Å²) in [6, 6.07) is 24.9. The van der Waals surface area contributed by atoms with E-state index in [1.54, 1.807) is 30.3 Å². The smallest absolute Gasteiger partial charge is 0.270 e. The Labute approximate surface area is 195 Å². The van der Waals surface area contributed by atoms with Crippen LogP contribution in [0.25, 0.3) is 11.4 Å². The summed E-state index contributed by atoms with van der Waals surface area (Å²) in [4.78, 5) is 24.2. The summed E-state index contributed by atoms with van der Waals surface area (Å²) < 4.78 is 1.81. The van der Waals surface area contributed by atoms with Crippen LogP contribution in [-0.2, 0) is 6.54 Å². The number of Topliss-reactive ketones (excluding diaryl/α,β-unsaturated/α-hetero) is 1. The molecule has 0 aliphatic rings. The van der Waals surface area contributed by atoms with Gasteiger partial charge in [-0.25, -0.2) is 0 Å². The van der Waals surface area contributed by atoms with Crippen molar-refractivity contribution in [1.29, 1.82) is 0 Å². The molecule has 0 bridgehead atoms. The minimum atomic E-state index is -0.542.